The van der Waals surface area contributed by atoms with Crippen LogP contribution in [0.2, 0.25) is 0 Å². The van der Waals surface area contributed by atoms with Crippen molar-refractivity contribution in [1.29, 1.82) is 0 Å². The monoisotopic (exact) mass is 374 g/mol. The predicted molar refractivity (Wildman–Crippen MR) is 99.3 cm³/mol. The highest BCUT2D eigenvalue weighted by Gasteiger charge is 2.25. The van der Waals surface area contributed by atoms with Crippen LogP contribution in [0.4, 0.5) is 0 Å². The van der Waals surface area contributed by atoms with E-state index in [-0.39, 0.29) is 11.9 Å². The maximum atomic E-state index is 12.6. The number of aromatic nitrogens is 3. The average molecular weight is 374 g/mol. The summed E-state index contributed by atoms with van der Waals surface area (Å²) in [6.45, 7) is 1.46. The van der Waals surface area contributed by atoms with E-state index in [1.165, 1.54) is 0 Å². The summed E-state index contributed by atoms with van der Waals surface area (Å²) >= 11 is 0. The smallest absolute Gasteiger partial charge is 0.222 e. The number of carbonyl (C=O) groups excluding carboxylic acids is 1. The van der Waals surface area contributed by atoms with Crippen LogP contribution in [0.15, 0.2) is 24.5 Å². The summed E-state index contributed by atoms with van der Waals surface area (Å²) in [4.78, 5) is 16.3. The highest BCUT2D eigenvalue weighted by molar-refractivity contribution is 5.76. The topological polar surface area (TPSA) is 78.7 Å². The van der Waals surface area contributed by atoms with Gasteiger partial charge in [-0.05, 0) is 30.9 Å². The normalized spacial score (nSPS) is 14.9. The van der Waals surface area contributed by atoms with Crippen molar-refractivity contribution in [3.8, 4) is 17.2 Å². The van der Waals surface area contributed by atoms with E-state index >= 15 is 0 Å². The van der Waals surface area contributed by atoms with Gasteiger partial charge >= 0.3 is 0 Å². The van der Waals surface area contributed by atoms with Crippen LogP contribution in [0.3, 0.4) is 0 Å². The fourth-order valence-corrected chi connectivity index (χ4v) is 3.52. The SMILES string of the molecule is COc1ccc(CCC(=O)N2CCC(n3nccn3)CC2)c(OC)c1OC. The molecule has 0 N–H and O–H groups in total. The Morgan fingerprint density at radius 1 is 1.04 bits per heavy atom. The quantitative estimate of drug-likeness (QED) is 0.739. The number of methoxy groups -OCH3 is 3. The Morgan fingerprint density at radius 2 is 1.70 bits per heavy atom. The number of benzene rings is 1. The van der Waals surface area contributed by atoms with Gasteiger partial charge in [0.15, 0.2) is 11.5 Å². The van der Waals surface area contributed by atoms with Gasteiger partial charge < -0.3 is 19.1 Å². The second-order valence-corrected chi connectivity index (χ2v) is 6.45. The molecule has 0 aliphatic carbocycles. The Labute approximate surface area is 159 Å². The fraction of sp³-hybridized carbons (Fsp3) is 0.526. The highest BCUT2D eigenvalue weighted by Crippen LogP contribution is 2.40. The van der Waals surface area contributed by atoms with Gasteiger partial charge in [-0.1, -0.05) is 6.07 Å². The first-order valence-corrected chi connectivity index (χ1v) is 9.09. The van der Waals surface area contributed by atoms with E-state index in [1.54, 1.807) is 38.5 Å². The lowest BCUT2D eigenvalue weighted by atomic mass is 10.0. The molecule has 0 unspecified atom stereocenters. The van der Waals surface area contributed by atoms with Crippen LogP contribution in [0.25, 0.3) is 0 Å². The Bertz CT molecular complexity index is 755. The van der Waals surface area contributed by atoms with E-state index in [4.69, 9.17) is 14.2 Å². The molecule has 0 saturated carbocycles. The summed E-state index contributed by atoms with van der Waals surface area (Å²) in [7, 11) is 4.76. The Hall–Kier alpha value is -2.77. The zero-order chi connectivity index (χ0) is 19.2. The number of piperidine rings is 1. The third-order valence-electron chi connectivity index (χ3n) is 4.97. The van der Waals surface area contributed by atoms with Crippen LogP contribution in [0.5, 0.6) is 17.2 Å². The summed E-state index contributed by atoms with van der Waals surface area (Å²) in [5.74, 6) is 1.93. The van der Waals surface area contributed by atoms with Crippen LogP contribution in [0.1, 0.15) is 30.9 Å². The van der Waals surface area contributed by atoms with Crippen LogP contribution in [0, 0.1) is 0 Å². The lowest BCUT2D eigenvalue weighted by molar-refractivity contribution is -0.132. The number of aryl methyl sites for hydroxylation is 1. The molecule has 1 aromatic heterocycles. The van der Waals surface area contributed by atoms with E-state index in [0.29, 0.717) is 30.1 Å². The second kappa shape index (κ2) is 8.75. The molecule has 1 aliphatic heterocycles. The van der Waals surface area contributed by atoms with Crippen molar-refractivity contribution in [2.24, 2.45) is 0 Å². The average Bonchev–Trinajstić information content (AvgIpc) is 3.26. The molecule has 2 heterocycles. The number of likely N-dealkylation sites (tertiary alicyclic amines) is 1. The van der Waals surface area contributed by atoms with Gasteiger partial charge in [-0.2, -0.15) is 15.0 Å². The maximum absolute atomic E-state index is 12.6. The molecule has 1 fully saturated rings. The summed E-state index contributed by atoms with van der Waals surface area (Å²) in [6.07, 6.45) is 6.14. The fourth-order valence-electron chi connectivity index (χ4n) is 3.52. The van der Waals surface area contributed by atoms with Gasteiger partial charge in [-0.3, -0.25) is 4.79 Å². The number of nitrogens with zero attached hydrogens (tertiary/aromatic N) is 4. The predicted octanol–water partition coefficient (Wildman–Crippen LogP) is 2.10. The Balaban J connectivity index is 1.58. The molecule has 1 aromatic carbocycles. The van der Waals surface area contributed by atoms with Crippen molar-refractivity contribution in [3.63, 3.8) is 0 Å². The first kappa shape index (κ1) is 19.0. The zero-order valence-electron chi connectivity index (χ0n) is 16.1. The van der Waals surface area contributed by atoms with Gasteiger partial charge in [0.25, 0.3) is 0 Å². The molecule has 1 saturated heterocycles. The second-order valence-electron chi connectivity index (χ2n) is 6.45. The lowest BCUT2D eigenvalue weighted by Crippen LogP contribution is -2.39. The molecule has 2 aromatic rings. The lowest BCUT2D eigenvalue weighted by Gasteiger charge is -2.31. The van der Waals surface area contributed by atoms with Crippen molar-refractivity contribution < 1.29 is 19.0 Å². The first-order valence-electron chi connectivity index (χ1n) is 9.09. The van der Waals surface area contributed by atoms with Gasteiger partial charge in [-0.25, -0.2) is 0 Å². The van der Waals surface area contributed by atoms with Gasteiger partial charge in [0.05, 0.1) is 39.8 Å². The summed E-state index contributed by atoms with van der Waals surface area (Å²) in [5.41, 5.74) is 0.930. The number of rotatable bonds is 7. The van der Waals surface area contributed by atoms with Gasteiger partial charge in [0.2, 0.25) is 11.7 Å². The largest absolute Gasteiger partial charge is 0.493 e. The number of ether oxygens (including phenoxy) is 3. The summed E-state index contributed by atoms with van der Waals surface area (Å²) < 4.78 is 16.2. The summed E-state index contributed by atoms with van der Waals surface area (Å²) in [6, 6.07) is 4.03. The number of hydrogen-bond donors (Lipinski definition) is 0. The van der Waals surface area contributed by atoms with Crippen LogP contribution in [-0.4, -0.2) is 60.2 Å². The Kier molecular flexibility index (Phi) is 6.16. The number of carbonyl (C=O) groups is 1. The third kappa shape index (κ3) is 4.15. The molecule has 0 atom stereocenters. The molecule has 1 amide bonds. The van der Waals surface area contributed by atoms with E-state index < -0.39 is 0 Å². The standard InChI is InChI=1S/C19H26N4O4/c1-25-16-6-4-14(18(26-2)19(16)27-3)5-7-17(24)22-12-8-15(9-13-22)23-20-10-11-21-23/h4,6,10-11,15H,5,7-9,12-13H2,1-3H3. The molecule has 1 aliphatic rings. The van der Waals surface area contributed by atoms with Crippen LogP contribution in [-0.2, 0) is 11.2 Å². The zero-order valence-corrected chi connectivity index (χ0v) is 16.1. The third-order valence-corrected chi connectivity index (χ3v) is 4.97. The first-order chi connectivity index (χ1) is 13.2. The van der Waals surface area contributed by atoms with E-state index in [1.807, 2.05) is 17.0 Å². The van der Waals surface area contributed by atoms with Crippen molar-refractivity contribution in [1.82, 2.24) is 19.9 Å². The number of amides is 1. The van der Waals surface area contributed by atoms with E-state index in [9.17, 15) is 4.79 Å². The molecule has 3 rings (SSSR count). The molecule has 0 radical (unpaired) electrons. The van der Waals surface area contributed by atoms with Crippen molar-refractivity contribution >= 4 is 5.91 Å². The van der Waals surface area contributed by atoms with Crippen molar-refractivity contribution in [2.45, 2.75) is 31.7 Å². The molecule has 8 heteroatoms. The molecule has 0 spiro atoms. The molecule has 146 valence electrons. The summed E-state index contributed by atoms with van der Waals surface area (Å²) in [5, 5.41) is 8.40. The molecule has 27 heavy (non-hydrogen) atoms. The van der Waals surface area contributed by atoms with Crippen LogP contribution >= 0.6 is 0 Å². The van der Waals surface area contributed by atoms with Crippen molar-refractivity contribution in [2.75, 3.05) is 34.4 Å². The molecule has 8 nitrogen and oxygen atoms in total. The minimum absolute atomic E-state index is 0.152. The van der Waals surface area contributed by atoms with Gasteiger partial charge in [-0.15, -0.1) is 0 Å². The van der Waals surface area contributed by atoms with Crippen molar-refractivity contribution in [3.05, 3.63) is 30.1 Å². The minimum Gasteiger partial charge on any atom is -0.493 e. The molecule has 0 bridgehead atoms. The minimum atomic E-state index is 0.152. The number of hydrogen-bond acceptors (Lipinski definition) is 6. The molecular formula is C19H26N4O4. The highest BCUT2D eigenvalue weighted by atomic mass is 16.5. The van der Waals surface area contributed by atoms with Gasteiger partial charge in [0.1, 0.15) is 0 Å². The molecular weight excluding hydrogens is 348 g/mol. The van der Waals surface area contributed by atoms with Gasteiger partial charge in [0, 0.05) is 19.5 Å². The van der Waals surface area contributed by atoms with E-state index in [2.05, 4.69) is 10.2 Å². The maximum Gasteiger partial charge on any atom is 0.222 e. The Morgan fingerprint density at radius 3 is 2.30 bits per heavy atom. The van der Waals surface area contributed by atoms with Crippen LogP contribution < -0.4 is 14.2 Å². The van der Waals surface area contributed by atoms with E-state index in [0.717, 1.165) is 31.5 Å².